The van der Waals surface area contributed by atoms with Crippen molar-refractivity contribution in [2.75, 3.05) is 12.0 Å². The number of pyridine rings is 1. The molecule has 0 aliphatic rings. The van der Waals surface area contributed by atoms with Gasteiger partial charge in [0.2, 0.25) is 5.13 Å². The first-order valence-electron chi connectivity index (χ1n) is 6.15. The Labute approximate surface area is 116 Å². The monoisotopic (exact) mass is 278 g/mol. The fourth-order valence-corrected chi connectivity index (χ4v) is 2.46. The normalized spacial score (nSPS) is 10.9. The van der Waals surface area contributed by atoms with Gasteiger partial charge in [0.05, 0.1) is 12.2 Å². The molecule has 2 aromatic heterocycles. The summed E-state index contributed by atoms with van der Waals surface area (Å²) in [5, 5.41) is 9.62. The van der Waals surface area contributed by atoms with E-state index in [4.69, 9.17) is 5.84 Å². The van der Waals surface area contributed by atoms with Gasteiger partial charge in [-0.15, -0.1) is 10.2 Å². The lowest BCUT2D eigenvalue weighted by molar-refractivity contribution is 0.267. The van der Waals surface area contributed by atoms with Crippen LogP contribution in [0.3, 0.4) is 0 Å². The van der Waals surface area contributed by atoms with Crippen LogP contribution in [0, 0.1) is 6.92 Å². The highest BCUT2D eigenvalue weighted by Crippen LogP contribution is 2.16. The molecule has 0 aliphatic heterocycles. The Morgan fingerprint density at radius 1 is 1.32 bits per heavy atom. The van der Waals surface area contributed by atoms with Gasteiger partial charge in [0.1, 0.15) is 5.01 Å². The summed E-state index contributed by atoms with van der Waals surface area (Å²) in [6.07, 6.45) is 0. The molecule has 6 nitrogen and oxygen atoms in total. The first-order valence-corrected chi connectivity index (χ1v) is 6.96. The average molecular weight is 278 g/mol. The van der Waals surface area contributed by atoms with Crippen LogP contribution in [0.2, 0.25) is 0 Å². The minimum Gasteiger partial charge on any atom is -0.298 e. The third-order valence-electron chi connectivity index (χ3n) is 2.73. The van der Waals surface area contributed by atoms with Crippen LogP contribution in [-0.4, -0.2) is 26.6 Å². The number of rotatable bonds is 6. The van der Waals surface area contributed by atoms with Crippen LogP contribution >= 0.6 is 11.3 Å². The molecule has 7 heteroatoms. The van der Waals surface area contributed by atoms with E-state index in [-0.39, 0.29) is 0 Å². The van der Waals surface area contributed by atoms with Crippen LogP contribution in [0.1, 0.15) is 23.3 Å². The summed E-state index contributed by atoms with van der Waals surface area (Å²) in [7, 11) is 0. The maximum atomic E-state index is 5.30. The predicted octanol–water partition coefficient (Wildman–Crippen LogP) is 1.55. The third kappa shape index (κ3) is 3.95. The van der Waals surface area contributed by atoms with Crippen molar-refractivity contribution >= 4 is 16.5 Å². The van der Waals surface area contributed by atoms with Crippen LogP contribution in [0.5, 0.6) is 0 Å². The van der Waals surface area contributed by atoms with Crippen molar-refractivity contribution in [2.24, 2.45) is 5.84 Å². The maximum absolute atomic E-state index is 5.30. The van der Waals surface area contributed by atoms with E-state index in [0.29, 0.717) is 5.13 Å². The van der Waals surface area contributed by atoms with Crippen molar-refractivity contribution in [3.63, 3.8) is 0 Å². The highest BCUT2D eigenvalue weighted by Gasteiger charge is 2.10. The molecule has 0 aliphatic carbocycles. The van der Waals surface area contributed by atoms with E-state index in [0.717, 1.165) is 36.0 Å². The molecule has 2 aromatic rings. The van der Waals surface area contributed by atoms with Crippen LogP contribution < -0.4 is 11.3 Å². The van der Waals surface area contributed by atoms with Crippen molar-refractivity contribution in [3.8, 4) is 0 Å². The average Bonchev–Trinajstić information content (AvgIpc) is 2.85. The van der Waals surface area contributed by atoms with Crippen LogP contribution in [-0.2, 0) is 13.1 Å². The number of nitrogens with one attached hydrogen (secondary N) is 1. The Morgan fingerprint density at radius 3 is 2.79 bits per heavy atom. The number of aromatic nitrogens is 3. The zero-order valence-electron chi connectivity index (χ0n) is 11.1. The minimum absolute atomic E-state index is 0.639. The first kappa shape index (κ1) is 13.9. The van der Waals surface area contributed by atoms with Crippen molar-refractivity contribution in [1.82, 2.24) is 20.1 Å². The number of hydrazine groups is 1. The van der Waals surface area contributed by atoms with E-state index in [9.17, 15) is 0 Å². The molecule has 0 spiro atoms. The molecule has 0 radical (unpaired) electrons. The summed E-state index contributed by atoms with van der Waals surface area (Å²) in [4.78, 5) is 6.78. The Bertz CT molecular complexity index is 526. The summed E-state index contributed by atoms with van der Waals surface area (Å²) in [5.41, 5.74) is 4.62. The van der Waals surface area contributed by atoms with Gasteiger partial charge in [-0.25, -0.2) is 5.84 Å². The molecule has 0 amide bonds. The lowest BCUT2D eigenvalue weighted by Gasteiger charge is -2.18. The van der Waals surface area contributed by atoms with E-state index in [2.05, 4.69) is 32.4 Å². The van der Waals surface area contributed by atoms with Gasteiger partial charge in [0.15, 0.2) is 0 Å². The van der Waals surface area contributed by atoms with Crippen LogP contribution in [0.4, 0.5) is 5.13 Å². The van der Waals surface area contributed by atoms with Gasteiger partial charge < -0.3 is 0 Å². The summed E-state index contributed by atoms with van der Waals surface area (Å²) < 4.78 is 0. The van der Waals surface area contributed by atoms with E-state index >= 15 is 0 Å². The van der Waals surface area contributed by atoms with Gasteiger partial charge in [-0.2, -0.15) is 0 Å². The second-order valence-electron chi connectivity index (χ2n) is 4.22. The molecule has 3 N–H and O–H groups in total. The SMILES string of the molecule is CCN(Cc1cccc(C)n1)Cc1nnc(NN)s1. The first-order chi connectivity index (χ1) is 9.21. The lowest BCUT2D eigenvalue weighted by Crippen LogP contribution is -2.22. The van der Waals surface area contributed by atoms with Gasteiger partial charge in [-0.1, -0.05) is 24.3 Å². The number of nitrogens with zero attached hydrogens (tertiary/aromatic N) is 4. The molecular formula is C12H18N6S. The van der Waals surface area contributed by atoms with Gasteiger partial charge in [-0.05, 0) is 25.6 Å². The summed E-state index contributed by atoms with van der Waals surface area (Å²) in [6.45, 7) is 6.62. The molecule has 0 bridgehead atoms. The zero-order valence-corrected chi connectivity index (χ0v) is 11.9. The quantitative estimate of drug-likeness (QED) is 0.616. The Kier molecular flexibility index (Phi) is 4.78. The molecule has 0 unspecified atom stereocenters. The third-order valence-corrected chi connectivity index (χ3v) is 3.57. The minimum atomic E-state index is 0.639. The molecule has 2 heterocycles. The molecule has 0 saturated carbocycles. The van der Waals surface area contributed by atoms with E-state index in [1.807, 2.05) is 25.1 Å². The number of aryl methyl sites for hydroxylation is 1. The van der Waals surface area contributed by atoms with Gasteiger partial charge >= 0.3 is 0 Å². The number of nitrogens with two attached hydrogens (primary N) is 1. The number of nitrogen functional groups attached to an aromatic ring is 1. The summed E-state index contributed by atoms with van der Waals surface area (Å²) in [6, 6.07) is 6.08. The molecule has 19 heavy (non-hydrogen) atoms. The molecule has 0 saturated heterocycles. The molecule has 2 rings (SSSR count). The van der Waals surface area contributed by atoms with Gasteiger partial charge in [0.25, 0.3) is 0 Å². The number of hydrogen-bond acceptors (Lipinski definition) is 7. The largest absolute Gasteiger partial charge is 0.298 e. The van der Waals surface area contributed by atoms with Crippen molar-refractivity contribution < 1.29 is 0 Å². The van der Waals surface area contributed by atoms with E-state index in [1.54, 1.807) is 0 Å². The smallest absolute Gasteiger partial charge is 0.219 e. The Balaban J connectivity index is 2.00. The topological polar surface area (TPSA) is 80.0 Å². The lowest BCUT2D eigenvalue weighted by atomic mass is 10.3. The standard InChI is InChI=1S/C12H18N6S/c1-3-18(7-10-6-4-5-9(2)14-10)8-11-16-17-12(15-13)19-11/h4-6H,3,7-8,13H2,1-2H3,(H,15,17). The van der Waals surface area contributed by atoms with Gasteiger partial charge in [-0.3, -0.25) is 15.3 Å². The molecule has 102 valence electrons. The van der Waals surface area contributed by atoms with Crippen molar-refractivity contribution in [1.29, 1.82) is 0 Å². The Hall–Kier alpha value is -1.57. The van der Waals surface area contributed by atoms with Crippen LogP contribution in [0.15, 0.2) is 18.2 Å². The second-order valence-corrected chi connectivity index (χ2v) is 5.28. The molecule has 0 fully saturated rings. The summed E-state index contributed by atoms with van der Waals surface area (Å²) in [5.74, 6) is 5.30. The highest BCUT2D eigenvalue weighted by molar-refractivity contribution is 7.15. The van der Waals surface area contributed by atoms with Crippen molar-refractivity contribution in [2.45, 2.75) is 26.9 Å². The van der Waals surface area contributed by atoms with E-state index < -0.39 is 0 Å². The number of hydrogen-bond donors (Lipinski definition) is 2. The zero-order chi connectivity index (χ0) is 13.7. The predicted molar refractivity (Wildman–Crippen MR) is 76.5 cm³/mol. The molecule has 0 atom stereocenters. The van der Waals surface area contributed by atoms with Gasteiger partial charge in [0, 0.05) is 12.2 Å². The number of anilines is 1. The summed E-state index contributed by atoms with van der Waals surface area (Å²) >= 11 is 1.47. The molecular weight excluding hydrogens is 260 g/mol. The molecule has 0 aromatic carbocycles. The maximum Gasteiger partial charge on any atom is 0.219 e. The van der Waals surface area contributed by atoms with Crippen LogP contribution in [0.25, 0.3) is 0 Å². The fraction of sp³-hybridized carbons (Fsp3) is 0.417. The Morgan fingerprint density at radius 2 is 2.16 bits per heavy atom. The highest BCUT2D eigenvalue weighted by atomic mass is 32.1. The fourth-order valence-electron chi connectivity index (χ4n) is 1.76. The van der Waals surface area contributed by atoms with Crippen molar-refractivity contribution in [3.05, 3.63) is 34.6 Å². The van der Waals surface area contributed by atoms with E-state index in [1.165, 1.54) is 11.3 Å². The second kappa shape index (κ2) is 6.55.